The van der Waals surface area contributed by atoms with Gasteiger partial charge in [-0.2, -0.15) is 0 Å². The van der Waals surface area contributed by atoms with Gasteiger partial charge in [0.15, 0.2) is 0 Å². The summed E-state index contributed by atoms with van der Waals surface area (Å²) >= 11 is 0. The van der Waals surface area contributed by atoms with Crippen molar-refractivity contribution in [2.24, 2.45) is 0 Å². The molecule has 1 aromatic heterocycles. The molecule has 0 saturated heterocycles. The fraction of sp³-hybridized carbons (Fsp3) is 0.667. The minimum Gasteiger partial charge on any atom is -0.361 e. The van der Waals surface area contributed by atoms with Crippen molar-refractivity contribution in [3.63, 3.8) is 0 Å². The lowest BCUT2D eigenvalue weighted by atomic mass is 10.3. The largest absolute Gasteiger partial charge is 0.361 e. The van der Waals surface area contributed by atoms with E-state index in [0.29, 0.717) is 18.2 Å². The monoisotopic (exact) mass is 202 g/mol. The van der Waals surface area contributed by atoms with Crippen LogP contribution in [-0.4, -0.2) is 18.1 Å². The summed E-state index contributed by atoms with van der Waals surface area (Å²) in [5, 5.41) is 6.39. The molecule has 2 rings (SSSR count). The van der Waals surface area contributed by atoms with Gasteiger partial charge in [-0.15, -0.1) is 0 Å². The summed E-state index contributed by atoms with van der Waals surface area (Å²) in [6, 6.07) is 1.84. The molecule has 1 heterocycles. The molecule has 0 radical (unpaired) electrons. The molecule has 0 aliphatic heterocycles. The van der Waals surface area contributed by atoms with Gasteiger partial charge in [0.1, 0.15) is 5.76 Å². The minimum absolute atomic E-state index is 0.300. The maximum Gasteiger partial charge on any atom is 0.250 e. The van der Waals surface area contributed by atoms with Gasteiger partial charge < -0.3 is 9.84 Å². The molecule has 14 heavy (non-hydrogen) atoms. The van der Waals surface area contributed by atoms with E-state index in [1.807, 2.05) is 6.07 Å². The Labute approximate surface area is 80.5 Å². The Balaban J connectivity index is 1.78. The Hall–Kier alpha value is -0.970. The Bertz CT molecular complexity index is 297. The van der Waals surface area contributed by atoms with Crippen LogP contribution < -0.4 is 5.32 Å². The first-order chi connectivity index (χ1) is 6.75. The second kappa shape index (κ2) is 4.04. The number of hydrogen-bond donors (Lipinski definition) is 1. The summed E-state index contributed by atoms with van der Waals surface area (Å²) in [5.41, 5.74) is 0.701. The van der Waals surface area contributed by atoms with E-state index in [0.717, 1.165) is 18.6 Å². The van der Waals surface area contributed by atoms with Gasteiger partial charge in [-0.1, -0.05) is 5.16 Å². The van der Waals surface area contributed by atoms with E-state index in [4.69, 9.17) is 4.52 Å². The first-order valence-corrected chi connectivity index (χ1v) is 4.70. The van der Waals surface area contributed by atoms with Crippen LogP contribution in [0.1, 0.15) is 30.2 Å². The van der Waals surface area contributed by atoms with Crippen molar-refractivity contribution in [1.29, 1.82) is 0 Å². The van der Waals surface area contributed by atoms with Crippen LogP contribution in [0.4, 0.5) is 8.78 Å². The molecule has 0 unspecified atom stereocenters. The van der Waals surface area contributed by atoms with Crippen molar-refractivity contribution in [1.82, 2.24) is 10.5 Å². The van der Waals surface area contributed by atoms with Crippen LogP contribution in [0.5, 0.6) is 0 Å². The molecule has 1 N–H and O–H groups in total. The van der Waals surface area contributed by atoms with Gasteiger partial charge in [-0.25, -0.2) is 8.78 Å². The van der Waals surface area contributed by atoms with Gasteiger partial charge in [0.05, 0.1) is 12.2 Å². The number of nitrogens with one attached hydrogen (secondary N) is 1. The number of halogens is 2. The molecule has 0 bridgehead atoms. The van der Waals surface area contributed by atoms with E-state index in [1.165, 1.54) is 0 Å². The van der Waals surface area contributed by atoms with Crippen molar-refractivity contribution in [2.45, 2.75) is 31.7 Å². The van der Waals surface area contributed by atoms with Crippen molar-refractivity contribution in [2.75, 3.05) is 6.54 Å². The lowest BCUT2D eigenvalue weighted by Crippen LogP contribution is -2.20. The molecule has 5 heteroatoms. The van der Waals surface area contributed by atoms with Crippen molar-refractivity contribution in [3.8, 4) is 0 Å². The highest BCUT2D eigenvalue weighted by Crippen LogP contribution is 2.40. The molecule has 0 atom stereocenters. The maximum atomic E-state index is 11.8. The van der Waals surface area contributed by atoms with Gasteiger partial charge in [0.2, 0.25) is 0 Å². The molecule has 1 aliphatic rings. The number of hydrogen-bond acceptors (Lipinski definition) is 3. The van der Waals surface area contributed by atoms with E-state index in [-0.39, 0.29) is 6.54 Å². The van der Waals surface area contributed by atoms with Crippen molar-refractivity contribution >= 4 is 0 Å². The number of alkyl halides is 2. The molecule has 1 aromatic rings. The fourth-order valence-corrected chi connectivity index (χ4v) is 1.28. The van der Waals surface area contributed by atoms with E-state index in [1.54, 1.807) is 0 Å². The third-order valence-corrected chi connectivity index (χ3v) is 2.16. The summed E-state index contributed by atoms with van der Waals surface area (Å²) in [7, 11) is 0. The minimum atomic E-state index is -2.31. The predicted octanol–water partition coefficient (Wildman–Crippen LogP) is 1.91. The van der Waals surface area contributed by atoms with Gasteiger partial charge >= 0.3 is 0 Å². The lowest BCUT2D eigenvalue weighted by molar-refractivity contribution is 0.145. The zero-order valence-corrected chi connectivity index (χ0v) is 7.67. The van der Waals surface area contributed by atoms with E-state index >= 15 is 0 Å². The summed E-state index contributed by atoms with van der Waals surface area (Å²) in [4.78, 5) is 0. The Morgan fingerprint density at radius 1 is 1.57 bits per heavy atom. The highest BCUT2D eigenvalue weighted by Gasteiger charge is 2.27. The SMILES string of the molecule is FC(F)CNCc1cc(C2CC2)on1. The number of aromatic nitrogens is 1. The zero-order chi connectivity index (χ0) is 9.97. The molecule has 1 saturated carbocycles. The van der Waals surface area contributed by atoms with Gasteiger partial charge in [0.25, 0.3) is 6.43 Å². The molecule has 1 aliphatic carbocycles. The predicted molar refractivity (Wildman–Crippen MR) is 46.2 cm³/mol. The van der Waals surface area contributed by atoms with Gasteiger partial charge in [-0.3, -0.25) is 0 Å². The quantitative estimate of drug-likeness (QED) is 0.792. The van der Waals surface area contributed by atoms with Gasteiger partial charge in [-0.05, 0) is 12.8 Å². The third-order valence-electron chi connectivity index (χ3n) is 2.16. The average Bonchev–Trinajstić information content (AvgIpc) is 2.87. The van der Waals surface area contributed by atoms with E-state index in [9.17, 15) is 8.78 Å². The molecule has 3 nitrogen and oxygen atoms in total. The molecule has 0 spiro atoms. The second-order valence-electron chi connectivity index (χ2n) is 3.52. The zero-order valence-electron chi connectivity index (χ0n) is 7.67. The van der Waals surface area contributed by atoms with Crippen LogP contribution in [0.15, 0.2) is 10.6 Å². The first-order valence-electron chi connectivity index (χ1n) is 4.70. The van der Waals surface area contributed by atoms with E-state index in [2.05, 4.69) is 10.5 Å². The Morgan fingerprint density at radius 3 is 3.00 bits per heavy atom. The van der Waals surface area contributed by atoms with Crippen LogP contribution >= 0.6 is 0 Å². The number of nitrogens with zero attached hydrogens (tertiary/aromatic N) is 1. The summed E-state index contributed by atoms with van der Waals surface area (Å²) < 4.78 is 28.6. The van der Waals surface area contributed by atoms with Crippen LogP contribution in [-0.2, 0) is 6.54 Å². The third kappa shape index (κ3) is 2.51. The molecular formula is C9H12F2N2O. The second-order valence-corrected chi connectivity index (χ2v) is 3.52. The fourth-order valence-electron chi connectivity index (χ4n) is 1.28. The summed E-state index contributed by atoms with van der Waals surface area (Å²) in [5.74, 6) is 1.41. The van der Waals surface area contributed by atoms with Gasteiger partial charge in [0, 0.05) is 18.5 Å². The standard InChI is InChI=1S/C9H12F2N2O/c10-9(11)5-12-4-7-3-8(14-13-7)6-1-2-6/h3,6,9,12H,1-2,4-5H2. The van der Waals surface area contributed by atoms with Crippen LogP contribution in [0, 0.1) is 0 Å². The Morgan fingerprint density at radius 2 is 2.36 bits per heavy atom. The molecule has 1 fully saturated rings. The molecule has 0 aromatic carbocycles. The van der Waals surface area contributed by atoms with Crippen LogP contribution in [0.25, 0.3) is 0 Å². The van der Waals surface area contributed by atoms with E-state index < -0.39 is 6.43 Å². The average molecular weight is 202 g/mol. The highest BCUT2D eigenvalue weighted by atomic mass is 19.3. The van der Waals surface area contributed by atoms with Crippen molar-refractivity contribution in [3.05, 3.63) is 17.5 Å². The van der Waals surface area contributed by atoms with Crippen LogP contribution in [0.3, 0.4) is 0 Å². The lowest BCUT2D eigenvalue weighted by Gasteiger charge is -1.98. The normalized spacial score (nSPS) is 16.5. The van der Waals surface area contributed by atoms with Crippen LogP contribution in [0.2, 0.25) is 0 Å². The molecule has 0 amide bonds. The summed E-state index contributed by atoms with van der Waals surface area (Å²) in [6.07, 6.45) is -0.0112. The first kappa shape index (κ1) is 9.58. The highest BCUT2D eigenvalue weighted by molar-refractivity contribution is 5.14. The molecular weight excluding hydrogens is 190 g/mol. The molecule has 78 valence electrons. The number of rotatable bonds is 5. The smallest absolute Gasteiger partial charge is 0.250 e. The topological polar surface area (TPSA) is 38.1 Å². The summed E-state index contributed by atoms with van der Waals surface area (Å²) in [6.45, 7) is 0.0478. The Kier molecular flexibility index (Phi) is 2.77. The van der Waals surface area contributed by atoms with Crippen molar-refractivity contribution < 1.29 is 13.3 Å². The maximum absolute atomic E-state index is 11.8.